The van der Waals surface area contributed by atoms with Gasteiger partial charge in [0.25, 0.3) is 0 Å². The molecule has 4 aromatic rings. The van der Waals surface area contributed by atoms with E-state index >= 15 is 4.39 Å². The van der Waals surface area contributed by atoms with E-state index in [0.717, 1.165) is 31.7 Å². The molecule has 0 radical (unpaired) electrons. The quantitative estimate of drug-likeness (QED) is 0.288. The molecule has 0 amide bonds. The van der Waals surface area contributed by atoms with E-state index in [1.165, 1.54) is 21.3 Å². The molecule has 3 heterocycles. The Hall–Kier alpha value is -3.82. The van der Waals surface area contributed by atoms with Crippen molar-refractivity contribution in [3.63, 3.8) is 0 Å². The van der Waals surface area contributed by atoms with Gasteiger partial charge >= 0.3 is 5.69 Å². The Morgan fingerprint density at radius 2 is 1.88 bits per heavy atom. The van der Waals surface area contributed by atoms with Crippen LogP contribution < -0.4 is 15.3 Å². The van der Waals surface area contributed by atoms with Crippen LogP contribution in [0.4, 0.5) is 10.1 Å². The average molecular weight is 580 g/mol. The van der Waals surface area contributed by atoms with Crippen LogP contribution in [0.2, 0.25) is 5.02 Å². The van der Waals surface area contributed by atoms with Crippen LogP contribution in [0.3, 0.4) is 0 Å². The standard InChI is InChI=1S/C31H35ClFN5O3/c1-6-37(19(2)3)23-9-10-36(18-23)28-14-21(17-34-30(28)41-5)25-16-22(33)15-24(29(25)39)20-7-8-27(26(32)13-20)38-12-11-35(4)31(38)40/h7-8,11-17,19,23,39H,6,9-10,18H2,1-5H3. The van der Waals surface area contributed by atoms with Gasteiger partial charge in [0.2, 0.25) is 5.88 Å². The summed E-state index contributed by atoms with van der Waals surface area (Å²) in [5, 5.41) is 11.7. The zero-order valence-corrected chi connectivity index (χ0v) is 24.7. The summed E-state index contributed by atoms with van der Waals surface area (Å²) < 4.78 is 23.5. The Morgan fingerprint density at radius 3 is 2.49 bits per heavy atom. The van der Waals surface area contributed by atoms with Gasteiger partial charge in [-0.25, -0.2) is 14.2 Å². The fraction of sp³-hybridized carbons (Fsp3) is 0.355. The predicted octanol–water partition coefficient (Wildman–Crippen LogP) is 5.72. The second-order valence-electron chi connectivity index (χ2n) is 10.6. The normalized spacial score (nSPS) is 15.3. The maximum absolute atomic E-state index is 15.0. The minimum atomic E-state index is -0.513. The van der Waals surface area contributed by atoms with Gasteiger partial charge < -0.3 is 19.3 Å². The van der Waals surface area contributed by atoms with Gasteiger partial charge in [0.15, 0.2) is 0 Å². The van der Waals surface area contributed by atoms with Crippen molar-refractivity contribution >= 4 is 17.3 Å². The number of aromatic hydroxyl groups is 1. The highest BCUT2D eigenvalue weighted by atomic mass is 35.5. The summed E-state index contributed by atoms with van der Waals surface area (Å²) in [6.07, 6.45) is 5.86. The molecular formula is C31H35ClFN5O3. The molecule has 8 nitrogen and oxygen atoms in total. The largest absolute Gasteiger partial charge is 0.507 e. The molecule has 0 bridgehead atoms. The highest BCUT2D eigenvalue weighted by molar-refractivity contribution is 6.32. The number of hydrogen-bond donors (Lipinski definition) is 1. The number of anilines is 1. The number of aryl methyl sites for hydroxylation is 1. The molecule has 41 heavy (non-hydrogen) atoms. The third-order valence-corrected chi connectivity index (χ3v) is 8.18. The summed E-state index contributed by atoms with van der Waals surface area (Å²) >= 11 is 6.56. The second-order valence-corrected chi connectivity index (χ2v) is 11.0. The van der Waals surface area contributed by atoms with E-state index < -0.39 is 5.82 Å². The van der Waals surface area contributed by atoms with Crippen molar-refractivity contribution in [3.05, 3.63) is 76.3 Å². The lowest BCUT2D eigenvalue weighted by molar-refractivity contribution is 0.174. The summed E-state index contributed by atoms with van der Waals surface area (Å²) in [5.41, 5.74) is 2.72. The molecule has 1 N–H and O–H groups in total. The topological polar surface area (TPSA) is 75.8 Å². The molecule has 1 aliphatic heterocycles. The number of likely N-dealkylation sites (N-methyl/N-ethyl adjacent to an activating group) is 1. The highest BCUT2D eigenvalue weighted by Gasteiger charge is 2.30. The molecule has 10 heteroatoms. The highest BCUT2D eigenvalue weighted by Crippen LogP contribution is 2.42. The van der Waals surface area contributed by atoms with Crippen molar-refractivity contribution in [1.82, 2.24) is 19.0 Å². The number of ether oxygens (including phenoxy) is 1. The second kappa shape index (κ2) is 11.6. The lowest BCUT2D eigenvalue weighted by Crippen LogP contribution is -2.42. The summed E-state index contributed by atoms with van der Waals surface area (Å²) in [4.78, 5) is 21.6. The van der Waals surface area contributed by atoms with Crippen molar-refractivity contribution in [2.75, 3.05) is 31.6 Å². The summed E-state index contributed by atoms with van der Waals surface area (Å²) in [6, 6.07) is 10.3. The van der Waals surface area contributed by atoms with Crippen LogP contribution in [0, 0.1) is 5.82 Å². The minimum Gasteiger partial charge on any atom is -0.507 e. The Labute approximate surface area is 244 Å². The monoisotopic (exact) mass is 579 g/mol. The van der Waals surface area contributed by atoms with Crippen LogP contribution in [0.1, 0.15) is 27.2 Å². The third kappa shape index (κ3) is 5.44. The Bertz CT molecular complexity index is 1630. The van der Waals surface area contributed by atoms with Gasteiger partial charge in [0, 0.05) is 67.5 Å². The number of aromatic nitrogens is 3. The van der Waals surface area contributed by atoms with Gasteiger partial charge in [0.1, 0.15) is 17.3 Å². The molecule has 0 aliphatic carbocycles. The molecule has 1 unspecified atom stereocenters. The number of imidazole rings is 1. The molecule has 2 aromatic heterocycles. The van der Waals surface area contributed by atoms with E-state index in [1.54, 1.807) is 50.9 Å². The number of pyridine rings is 1. The summed E-state index contributed by atoms with van der Waals surface area (Å²) in [7, 11) is 3.24. The molecule has 1 atom stereocenters. The van der Waals surface area contributed by atoms with Gasteiger partial charge in [-0.2, -0.15) is 0 Å². The first kappa shape index (κ1) is 28.7. The number of halogens is 2. The number of methoxy groups -OCH3 is 1. The molecule has 0 spiro atoms. The molecule has 1 fully saturated rings. The maximum atomic E-state index is 15.0. The number of hydrogen-bond acceptors (Lipinski definition) is 6. The van der Waals surface area contributed by atoms with Crippen LogP contribution >= 0.6 is 11.6 Å². The minimum absolute atomic E-state index is 0.0960. The first-order valence-corrected chi connectivity index (χ1v) is 14.1. The first-order valence-electron chi connectivity index (χ1n) is 13.7. The third-order valence-electron chi connectivity index (χ3n) is 7.88. The van der Waals surface area contributed by atoms with Crippen LogP contribution in [0.25, 0.3) is 27.9 Å². The van der Waals surface area contributed by atoms with Gasteiger partial charge in [0.05, 0.1) is 17.8 Å². The molecule has 0 saturated carbocycles. The molecule has 2 aromatic carbocycles. The number of rotatable bonds is 8. The van der Waals surface area contributed by atoms with E-state index in [-0.39, 0.29) is 17.0 Å². The zero-order valence-electron chi connectivity index (χ0n) is 23.9. The zero-order chi connectivity index (χ0) is 29.4. The van der Waals surface area contributed by atoms with Gasteiger partial charge in [-0.3, -0.25) is 9.47 Å². The summed E-state index contributed by atoms with van der Waals surface area (Å²) in [6.45, 7) is 9.23. The van der Waals surface area contributed by atoms with Crippen molar-refractivity contribution in [2.45, 2.75) is 39.3 Å². The molecular weight excluding hydrogens is 545 g/mol. The van der Waals surface area contributed by atoms with Crippen molar-refractivity contribution in [2.24, 2.45) is 7.05 Å². The molecule has 216 valence electrons. The summed E-state index contributed by atoms with van der Waals surface area (Å²) in [5.74, 6) is -0.126. The lowest BCUT2D eigenvalue weighted by Gasteiger charge is -2.31. The van der Waals surface area contributed by atoms with E-state index in [2.05, 4.69) is 35.6 Å². The van der Waals surface area contributed by atoms with Gasteiger partial charge in [-0.1, -0.05) is 24.6 Å². The maximum Gasteiger partial charge on any atom is 0.332 e. The average Bonchev–Trinajstić information content (AvgIpc) is 3.56. The van der Waals surface area contributed by atoms with Gasteiger partial charge in [-0.05, 0) is 62.7 Å². The fourth-order valence-electron chi connectivity index (χ4n) is 5.80. The number of phenols is 1. The van der Waals surface area contributed by atoms with E-state index in [1.807, 2.05) is 6.07 Å². The van der Waals surface area contributed by atoms with Gasteiger partial charge in [-0.15, -0.1) is 0 Å². The molecule has 1 aliphatic rings. The Balaban J connectivity index is 1.52. The predicted molar refractivity (Wildman–Crippen MR) is 161 cm³/mol. The van der Waals surface area contributed by atoms with Crippen LogP contribution in [0.15, 0.2) is 59.8 Å². The van der Waals surface area contributed by atoms with Crippen molar-refractivity contribution in [1.29, 1.82) is 0 Å². The Morgan fingerprint density at radius 1 is 1.15 bits per heavy atom. The molecule has 1 saturated heterocycles. The number of phenolic OH excluding ortho intramolecular Hbond substituents is 1. The fourth-order valence-corrected chi connectivity index (χ4v) is 6.08. The van der Waals surface area contributed by atoms with Crippen molar-refractivity contribution < 1.29 is 14.2 Å². The van der Waals surface area contributed by atoms with Crippen molar-refractivity contribution in [3.8, 4) is 39.6 Å². The molecule has 5 rings (SSSR count). The number of nitrogens with zero attached hydrogens (tertiary/aromatic N) is 5. The lowest BCUT2D eigenvalue weighted by atomic mass is 9.97. The van der Waals surface area contributed by atoms with Crippen LogP contribution in [-0.2, 0) is 7.05 Å². The first-order chi connectivity index (χ1) is 19.6. The van der Waals surface area contributed by atoms with E-state index in [4.69, 9.17) is 16.3 Å². The SMILES string of the molecule is CCN(C(C)C)C1CCN(c2cc(-c3cc(F)cc(-c4ccc(-n5ccn(C)c5=O)c(Cl)c4)c3O)cnc2OC)C1. The van der Waals surface area contributed by atoms with E-state index in [9.17, 15) is 9.90 Å². The number of benzene rings is 2. The van der Waals surface area contributed by atoms with E-state index in [0.29, 0.717) is 45.4 Å². The van der Waals surface area contributed by atoms with Crippen LogP contribution in [-0.4, -0.2) is 63.0 Å². The Kier molecular flexibility index (Phi) is 8.11. The van der Waals surface area contributed by atoms with Crippen LogP contribution in [0.5, 0.6) is 11.6 Å². The smallest absolute Gasteiger partial charge is 0.332 e.